The number of aromatic nitrogens is 2. The summed E-state index contributed by atoms with van der Waals surface area (Å²) >= 11 is 8.06. The van der Waals surface area contributed by atoms with Gasteiger partial charge in [0, 0.05) is 18.8 Å². The van der Waals surface area contributed by atoms with Gasteiger partial charge in [-0.2, -0.15) is 18.3 Å². The first-order chi connectivity index (χ1) is 12.9. The van der Waals surface area contributed by atoms with Crippen molar-refractivity contribution in [1.82, 2.24) is 15.1 Å². The van der Waals surface area contributed by atoms with Gasteiger partial charge in [-0.15, -0.1) is 0 Å². The zero-order valence-electron chi connectivity index (χ0n) is 14.5. The summed E-state index contributed by atoms with van der Waals surface area (Å²) in [5, 5.41) is 14.7. The lowest BCUT2D eigenvalue weighted by molar-refractivity contribution is -0.142. The van der Waals surface area contributed by atoms with E-state index >= 15 is 0 Å². The summed E-state index contributed by atoms with van der Waals surface area (Å²) in [7, 11) is -3.76. The number of sulfonamides is 1. The fraction of sp³-hybridized carbons (Fsp3) is 0.333. The lowest BCUT2D eigenvalue weighted by Crippen LogP contribution is -2.30. The third kappa shape index (κ3) is 5.90. The molecular formula is C15H17BrF3N5O2S2. The smallest absolute Gasteiger partial charge is 0.362 e. The quantitative estimate of drug-likeness (QED) is 0.417. The van der Waals surface area contributed by atoms with E-state index in [-0.39, 0.29) is 21.0 Å². The third-order valence-corrected chi connectivity index (χ3v) is 5.80. The van der Waals surface area contributed by atoms with Crippen molar-refractivity contribution in [3.63, 3.8) is 0 Å². The Morgan fingerprint density at radius 2 is 1.93 bits per heavy atom. The van der Waals surface area contributed by atoms with Gasteiger partial charge in [-0.3, -0.25) is 4.68 Å². The third-order valence-electron chi connectivity index (χ3n) is 3.67. The maximum Gasteiger partial charge on any atom is 0.436 e. The number of hydrogen-bond acceptors (Lipinski definition) is 4. The first-order valence-corrected chi connectivity index (χ1v) is 10.6. The number of nitrogens with zero attached hydrogens (tertiary/aromatic N) is 2. The molecule has 0 saturated carbocycles. The van der Waals surface area contributed by atoms with Gasteiger partial charge < -0.3 is 10.6 Å². The van der Waals surface area contributed by atoms with Crippen LogP contribution in [-0.4, -0.2) is 29.9 Å². The average molecular weight is 500 g/mol. The predicted octanol–water partition coefficient (Wildman–Crippen LogP) is 3.00. The number of rotatable bonds is 6. The Morgan fingerprint density at radius 3 is 2.43 bits per heavy atom. The molecule has 0 aliphatic rings. The van der Waals surface area contributed by atoms with Crippen molar-refractivity contribution in [2.75, 3.05) is 11.9 Å². The van der Waals surface area contributed by atoms with E-state index in [4.69, 9.17) is 17.4 Å². The van der Waals surface area contributed by atoms with Crippen LogP contribution in [0.3, 0.4) is 0 Å². The van der Waals surface area contributed by atoms with Crippen molar-refractivity contribution in [3.8, 4) is 0 Å². The largest absolute Gasteiger partial charge is 0.436 e. The number of nitrogens with two attached hydrogens (primary N) is 1. The standard InChI is InChI=1S/C15H17BrF3N5O2S2/c1-9-12(16)13(15(17,18)19)23-24(9)8-2-7-21-14(27)22-10-3-5-11(6-4-10)28(20,25)26/h3-6H,2,7-8H2,1H3,(H2,20,25,26)(H2,21,22,27). The van der Waals surface area contributed by atoms with Crippen molar-refractivity contribution < 1.29 is 21.6 Å². The molecule has 4 N–H and O–H groups in total. The van der Waals surface area contributed by atoms with Crippen LogP contribution in [0.25, 0.3) is 0 Å². The minimum absolute atomic E-state index is 0.0177. The highest BCUT2D eigenvalue weighted by Crippen LogP contribution is 2.35. The molecule has 1 aromatic carbocycles. The molecule has 2 aromatic rings. The molecule has 0 unspecified atom stereocenters. The first-order valence-electron chi connectivity index (χ1n) is 7.87. The molecule has 0 atom stereocenters. The number of thiocarbonyl (C=S) groups is 1. The van der Waals surface area contributed by atoms with Crippen molar-refractivity contribution >= 4 is 49.0 Å². The molecule has 0 spiro atoms. The average Bonchev–Trinajstić information content (AvgIpc) is 2.87. The molecule has 1 heterocycles. The van der Waals surface area contributed by atoms with Crippen LogP contribution in [0, 0.1) is 6.92 Å². The van der Waals surface area contributed by atoms with Crippen molar-refractivity contribution in [3.05, 3.63) is 40.1 Å². The summed E-state index contributed by atoms with van der Waals surface area (Å²) in [6.07, 6.45) is -4.03. The number of alkyl halides is 3. The normalized spacial score (nSPS) is 12.1. The predicted molar refractivity (Wildman–Crippen MR) is 106 cm³/mol. The van der Waals surface area contributed by atoms with E-state index in [1.54, 1.807) is 6.92 Å². The number of halogens is 4. The molecular weight excluding hydrogens is 483 g/mol. The number of benzene rings is 1. The highest BCUT2D eigenvalue weighted by molar-refractivity contribution is 9.10. The Balaban J connectivity index is 1.83. The van der Waals surface area contributed by atoms with E-state index in [2.05, 4.69) is 31.7 Å². The van der Waals surface area contributed by atoms with Crippen LogP contribution in [-0.2, 0) is 22.7 Å². The second-order valence-electron chi connectivity index (χ2n) is 5.77. The van der Waals surface area contributed by atoms with Crippen LogP contribution in [0.2, 0.25) is 0 Å². The van der Waals surface area contributed by atoms with Crippen molar-refractivity contribution in [1.29, 1.82) is 0 Å². The van der Waals surface area contributed by atoms with Gasteiger partial charge in [0.2, 0.25) is 10.0 Å². The van der Waals surface area contributed by atoms with Gasteiger partial charge in [-0.25, -0.2) is 13.6 Å². The Labute approximate surface area is 173 Å². The maximum absolute atomic E-state index is 12.8. The molecule has 0 amide bonds. The van der Waals surface area contributed by atoms with Gasteiger partial charge in [-0.05, 0) is 65.8 Å². The molecule has 13 heteroatoms. The van der Waals surface area contributed by atoms with Gasteiger partial charge in [0.1, 0.15) is 0 Å². The van der Waals surface area contributed by atoms with E-state index in [0.29, 0.717) is 24.3 Å². The number of nitrogens with one attached hydrogen (secondary N) is 2. The minimum atomic E-state index is -4.52. The number of aryl methyl sites for hydroxylation is 1. The lowest BCUT2D eigenvalue weighted by atomic mass is 10.3. The minimum Gasteiger partial charge on any atom is -0.362 e. The summed E-state index contributed by atoms with van der Waals surface area (Å²) < 4.78 is 62.2. The summed E-state index contributed by atoms with van der Waals surface area (Å²) in [4.78, 5) is -0.0177. The van der Waals surface area contributed by atoms with E-state index in [9.17, 15) is 21.6 Å². The molecule has 28 heavy (non-hydrogen) atoms. The molecule has 0 aliphatic carbocycles. The monoisotopic (exact) mass is 499 g/mol. The number of primary sulfonamides is 1. The molecule has 0 bridgehead atoms. The molecule has 0 saturated heterocycles. The molecule has 1 aromatic heterocycles. The first kappa shape index (κ1) is 22.6. The van der Waals surface area contributed by atoms with Crippen LogP contribution in [0.4, 0.5) is 18.9 Å². The van der Waals surface area contributed by atoms with Crippen LogP contribution < -0.4 is 15.8 Å². The molecule has 0 radical (unpaired) electrons. The summed E-state index contributed by atoms with van der Waals surface area (Å²) in [5.41, 5.74) is 0.00706. The van der Waals surface area contributed by atoms with E-state index in [1.165, 1.54) is 28.9 Å². The Kier molecular flexibility index (Phi) is 7.07. The molecule has 0 fully saturated rings. The molecule has 154 valence electrons. The van der Waals surface area contributed by atoms with Crippen LogP contribution >= 0.6 is 28.1 Å². The zero-order chi connectivity index (χ0) is 21.1. The number of hydrogen-bond donors (Lipinski definition) is 3. The second kappa shape index (κ2) is 8.76. The van der Waals surface area contributed by atoms with Crippen LogP contribution in [0.1, 0.15) is 17.8 Å². The van der Waals surface area contributed by atoms with Gasteiger partial charge in [0.15, 0.2) is 10.8 Å². The Hall–Kier alpha value is -1.70. The second-order valence-corrected chi connectivity index (χ2v) is 8.54. The van der Waals surface area contributed by atoms with Crippen molar-refractivity contribution in [2.45, 2.75) is 31.0 Å². The van der Waals surface area contributed by atoms with Gasteiger partial charge in [0.25, 0.3) is 0 Å². The SMILES string of the molecule is Cc1c(Br)c(C(F)(F)F)nn1CCCNC(=S)Nc1ccc(S(N)(=O)=O)cc1. The topological polar surface area (TPSA) is 102 Å². The fourth-order valence-electron chi connectivity index (χ4n) is 2.26. The van der Waals surface area contributed by atoms with Crippen LogP contribution in [0.5, 0.6) is 0 Å². The summed E-state index contributed by atoms with van der Waals surface area (Å²) in [5.74, 6) is 0. The maximum atomic E-state index is 12.8. The van der Waals surface area contributed by atoms with E-state index < -0.39 is 21.9 Å². The molecule has 2 rings (SSSR count). The highest BCUT2D eigenvalue weighted by atomic mass is 79.9. The van der Waals surface area contributed by atoms with Gasteiger partial charge in [0.05, 0.1) is 15.1 Å². The van der Waals surface area contributed by atoms with Crippen LogP contribution in [0.15, 0.2) is 33.6 Å². The number of anilines is 1. The zero-order valence-corrected chi connectivity index (χ0v) is 17.8. The van der Waals surface area contributed by atoms with Gasteiger partial charge in [-0.1, -0.05) is 0 Å². The summed E-state index contributed by atoms with van der Waals surface area (Å²) in [6, 6.07) is 5.71. The molecule has 7 nitrogen and oxygen atoms in total. The fourth-order valence-corrected chi connectivity index (χ4v) is 3.50. The Bertz CT molecular complexity index is 959. The van der Waals surface area contributed by atoms with Crippen molar-refractivity contribution in [2.24, 2.45) is 5.14 Å². The van der Waals surface area contributed by atoms with E-state index in [1.807, 2.05) is 0 Å². The van der Waals surface area contributed by atoms with Gasteiger partial charge >= 0.3 is 6.18 Å². The molecule has 0 aliphatic heterocycles. The Morgan fingerprint density at radius 1 is 1.32 bits per heavy atom. The lowest BCUT2D eigenvalue weighted by Gasteiger charge is -2.11. The summed E-state index contributed by atoms with van der Waals surface area (Å²) in [6.45, 7) is 2.23. The van der Waals surface area contributed by atoms with E-state index in [0.717, 1.165) is 0 Å². The highest BCUT2D eigenvalue weighted by Gasteiger charge is 2.37.